The van der Waals surface area contributed by atoms with Crippen LogP contribution in [0.15, 0.2) is 36.9 Å². The Bertz CT molecular complexity index is 304. The normalized spacial score (nSPS) is 8.40. The summed E-state index contributed by atoms with van der Waals surface area (Å²) < 4.78 is 0. The van der Waals surface area contributed by atoms with Gasteiger partial charge in [0.2, 0.25) is 5.91 Å². The van der Waals surface area contributed by atoms with Gasteiger partial charge in [0.25, 0.3) is 0 Å². The van der Waals surface area contributed by atoms with Crippen molar-refractivity contribution in [2.24, 2.45) is 0 Å². The Balaban J connectivity index is 0.000000583. The summed E-state index contributed by atoms with van der Waals surface area (Å²) in [6, 6.07) is 7.42. The minimum absolute atomic E-state index is 0.0215. The molecule has 3 N–H and O–H groups in total. The van der Waals surface area contributed by atoms with Crippen LogP contribution in [0.4, 0.5) is 5.69 Å². The van der Waals surface area contributed by atoms with Crippen molar-refractivity contribution in [2.75, 3.05) is 5.73 Å². The summed E-state index contributed by atoms with van der Waals surface area (Å²) in [5, 5.41) is 2.70. The van der Waals surface area contributed by atoms with Gasteiger partial charge in [-0.05, 0) is 24.6 Å². The van der Waals surface area contributed by atoms with E-state index in [1.807, 2.05) is 31.2 Å². The molecule has 0 atom stereocenters. The summed E-state index contributed by atoms with van der Waals surface area (Å²) >= 11 is 0. The quantitative estimate of drug-likeness (QED) is 0.575. The maximum Gasteiger partial charge on any atom is 0.217 e. The Morgan fingerprint density at radius 3 is 2.33 bits per heavy atom. The van der Waals surface area contributed by atoms with Crippen LogP contribution in [-0.4, -0.2) is 5.91 Å². The Labute approximate surface area is 91.0 Å². The van der Waals surface area contributed by atoms with Gasteiger partial charge in [0.1, 0.15) is 0 Å². The molecule has 0 heterocycles. The van der Waals surface area contributed by atoms with E-state index in [4.69, 9.17) is 5.73 Å². The van der Waals surface area contributed by atoms with Gasteiger partial charge < -0.3 is 11.1 Å². The van der Waals surface area contributed by atoms with Crippen molar-refractivity contribution in [3.05, 3.63) is 42.5 Å². The zero-order valence-electron chi connectivity index (χ0n) is 9.29. The lowest BCUT2D eigenvalue weighted by Crippen LogP contribution is -2.18. The van der Waals surface area contributed by atoms with E-state index in [2.05, 4.69) is 11.9 Å². The Morgan fingerprint density at radius 1 is 1.47 bits per heavy atom. The van der Waals surface area contributed by atoms with Gasteiger partial charge in [0.05, 0.1) is 0 Å². The summed E-state index contributed by atoms with van der Waals surface area (Å²) in [5.74, 6) is -0.0215. The maximum absolute atomic E-state index is 10.5. The van der Waals surface area contributed by atoms with Crippen molar-refractivity contribution in [3.63, 3.8) is 0 Å². The number of hydrogen-bond donors (Lipinski definition) is 2. The molecule has 1 amide bonds. The number of amides is 1. The number of nitrogens with two attached hydrogens (primary N) is 1. The molecule has 0 saturated heterocycles. The molecule has 0 fully saturated rings. The molecule has 0 radical (unpaired) electrons. The zero-order chi connectivity index (χ0) is 11.7. The average Bonchev–Trinajstić information content (AvgIpc) is 2.18. The number of nitrogens with one attached hydrogen (secondary N) is 1. The number of carbonyl (C=O) groups excluding carboxylic acids is 1. The van der Waals surface area contributed by atoms with Crippen molar-refractivity contribution in [2.45, 2.75) is 20.4 Å². The molecule has 0 unspecified atom stereocenters. The van der Waals surface area contributed by atoms with Gasteiger partial charge in [-0.15, -0.1) is 6.58 Å². The first-order chi connectivity index (χ1) is 7.10. The van der Waals surface area contributed by atoms with Gasteiger partial charge in [-0.3, -0.25) is 4.79 Å². The maximum atomic E-state index is 10.5. The topological polar surface area (TPSA) is 55.1 Å². The fraction of sp³-hybridized carbons (Fsp3) is 0.250. The molecule has 0 bridgehead atoms. The van der Waals surface area contributed by atoms with Crippen molar-refractivity contribution in [3.8, 4) is 0 Å². The molecule has 0 saturated carbocycles. The van der Waals surface area contributed by atoms with Crippen LogP contribution >= 0.6 is 0 Å². The van der Waals surface area contributed by atoms with E-state index >= 15 is 0 Å². The molecule has 0 spiro atoms. The Morgan fingerprint density at radius 2 is 1.93 bits per heavy atom. The highest BCUT2D eigenvalue weighted by molar-refractivity contribution is 5.72. The van der Waals surface area contributed by atoms with Crippen LogP contribution in [0, 0.1) is 0 Å². The van der Waals surface area contributed by atoms with Crippen LogP contribution in [0.1, 0.15) is 19.4 Å². The molecule has 1 aromatic rings. The number of hydrogen-bond acceptors (Lipinski definition) is 2. The Kier molecular flexibility index (Phi) is 6.72. The van der Waals surface area contributed by atoms with E-state index in [0.29, 0.717) is 6.54 Å². The van der Waals surface area contributed by atoms with E-state index in [1.54, 1.807) is 6.08 Å². The van der Waals surface area contributed by atoms with Crippen LogP contribution < -0.4 is 11.1 Å². The monoisotopic (exact) mass is 206 g/mol. The van der Waals surface area contributed by atoms with Gasteiger partial charge in [-0.2, -0.15) is 0 Å². The number of anilines is 1. The summed E-state index contributed by atoms with van der Waals surface area (Å²) in [7, 11) is 0. The molecule has 3 heteroatoms. The highest BCUT2D eigenvalue weighted by Gasteiger charge is 1.93. The summed E-state index contributed by atoms with van der Waals surface area (Å²) in [5.41, 5.74) is 7.29. The summed E-state index contributed by atoms with van der Waals surface area (Å²) in [6.07, 6.45) is 1.75. The van der Waals surface area contributed by atoms with Gasteiger partial charge in [-0.25, -0.2) is 0 Å². The van der Waals surface area contributed by atoms with E-state index < -0.39 is 0 Å². The molecule has 0 aliphatic heterocycles. The first kappa shape index (κ1) is 13.2. The van der Waals surface area contributed by atoms with Crippen molar-refractivity contribution >= 4 is 11.6 Å². The van der Waals surface area contributed by atoms with Gasteiger partial charge >= 0.3 is 0 Å². The van der Waals surface area contributed by atoms with Crippen LogP contribution in [-0.2, 0) is 11.3 Å². The summed E-state index contributed by atoms with van der Waals surface area (Å²) in [6.45, 7) is 7.31. The third-order valence-corrected chi connectivity index (χ3v) is 1.52. The molecule has 1 rings (SSSR count). The third kappa shape index (κ3) is 7.31. The van der Waals surface area contributed by atoms with Crippen LogP contribution in [0.2, 0.25) is 0 Å². The SMILES string of the molecule is C=CC.CC(=O)NCc1ccc(N)cc1. The number of nitrogen functional groups attached to an aromatic ring is 1. The zero-order valence-corrected chi connectivity index (χ0v) is 9.29. The molecule has 82 valence electrons. The van der Waals surface area contributed by atoms with Crippen LogP contribution in [0.3, 0.4) is 0 Å². The molecule has 15 heavy (non-hydrogen) atoms. The smallest absolute Gasteiger partial charge is 0.217 e. The first-order valence-corrected chi connectivity index (χ1v) is 4.76. The lowest BCUT2D eigenvalue weighted by Gasteiger charge is -2.01. The van der Waals surface area contributed by atoms with Gasteiger partial charge in [-0.1, -0.05) is 18.2 Å². The third-order valence-electron chi connectivity index (χ3n) is 1.52. The highest BCUT2D eigenvalue weighted by Crippen LogP contribution is 2.04. The minimum Gasteiger partial charge on any atom is -0.399 e. The largest absolute Gasteiger partial charge is 0.399 e. The Hall–Kier alpha value is -1.77. The van der Waals surface area contributed by atoms with Crippen molar-refractivity contribution < 1.29 is 4.79 Å². The second kappa shape index (κ2) is 7.62. The van der Waals surface area contributed by atoms with E-state index in [-0.39, 0.29) is 5.91 Å². The highest BCUT2D eigenvalue weighted by atomic mass is 16.1. The second-order valence-electron chi connectivity index (χ2n) is 3.06. The second-order valence-corrected chi connectivity index (χ2v) is 3.06. The molecule has 0 aliphatic rings. The van der Waals surface area contributed by atoms with Gasteiger partial charge in [0.15, 0.2) is 0 Å². The number of benzene rings is 1. The number of allylic oxidation sites excluding steroid dienone is 1. The van der Waals surface area contributed by atoms with E-state index in [0.717, 1.165) is 11.3 Å². The molecule has 3 nitrogen and oxygen atoms in total. The lowest BCUT2D eigenvalue weighted by molar-refractivity contribution is -0.119. The van der Waals surface area contributed by atoms with Crippen LogP contribution in [0.5, 0.6) is 0 Å². The van der Waals surface area contributed by atoms with Gasteiger partial charge in [0, 0.05) is 19.2 Å². The van der Waals surface area contributed by atoms with Crippen molar-refractivity contribution in [1.82, 2.24) is 5.32 Å². The average molecular weight is 206 g/mol. The number of carbonyl (C=O) groups is 1. The molecular weight excluding hydrogens is 188 g/mol. The minimum atomic E-state index is -0.0215. The van der Waals surface area contributed by atoms with E-state index in [9.17, 15) is 4.79 Å². The standard InChI is InChI=1S/C9H12N2O.C3H6/c1-7(12)11-6-8-2-4-9(10)5-3-8;1-3-2/h2-5H,6,10H2,1H3,(H,11,12);3H,1H2,2H3. The van der Waals surface area contributed by atoms with Crippen LogP contribution in [0.25, 0.3) is 0 Å². The first-order valence-electron chi connectivity index (χ1n) is 4.76. The fourth-order valence-corrected chi connectivity index (χ4v) is 0.862. The summed E-state index contributed by atoms with van der Waals surface area (Å²) in [4.78, 5) is 10.5. The molecular formula is C12H18N2O. The lowest BCUT2D eigenvalue weighted by atomic mass is 10.2. The predicted molar refractivity (Wildman–Crippen MR) is 64.2 cm³/mol. The number of rotatable bonds is 2. The van der Waals surface area contributed by atoms with E-state index in [1.165, 1.54) is 6.92 Å². The molecule has 0 aliphatic carbocycles. The predicted octanol–water partition coefficient (Wildman–Crippen LogP) is 2.10. The fourth-order valence-electron chi connectivity index (χ4n) is 0.862. The molecule has 1 aromatic carbocycles. The molecule has 0 aromatic heterocycles. The van der Waals surface area contributed by atoms with Crippen molar-refractivity contribution in [1.29, 1.82) is 0 Å².